The summed E-state index contributed by atoms with van der Waals surface area (Å²) < 4.78 is 15.8. The van der Waals surface area contributed by atoms with E-state index in [9.17, 15) is 4.79 Å². The molecule has 0 unspecified atom stereocenters. The molecule has 5 heteroatoms. The molecule has 0 bridgehead atoms. The average Bonchev–Trinajstić information content (AvgIpc) is 2.53. The molecule has 0 saturated carbocycles. The van der Waals surface area contributed by atoms with Crippen LogP contribution in [-0.2, 0) is 16.1 Å². The largest absolute Gasteiger partial charge is 0.497 e. The highest BCUT2D eigenvalue weighted by atomic mass is 16.5. The Kier molecular flexibility index (Phi) is 5.87. The van der Waals surface area contributed by atoms with E-state index in [2.05, 4.69) is 5.32 Å². The van der Waals surface area contributed by atoms with Crippen LogP contribution in [0.3, 0.4) is 0 Å². The Morgan fingerprint density at radius 2 is 2.05 bits per heavy atom. The lowest BCUT2D eigenvalue weighted by Gasteiger charge is -2.21. The number of amides is 1. The quantitative estimate of drug-likeness (QED) is 0.873. The van der Waals surface area contributed by atoms with Crippen LogP contribution >= 0.6 is 0 Å². The number of hydrogen-bond donors (Lipinski definition) is 1. The summed E-state index contributed by atoms with van der Waals surface area (Å²) in [5.41, 5.74) is 0.914. The lowest BCUT2D eigenvalue weighted by Crippen LogP contribution is -2.27. The fraction of sp³-hybridized carbons (Fsp3) is 0.562. The predicted octanol–water partition coefficient (Wildman–Crippen LogP) is 2.14. The molecular formula is C16H23NO4. The van der Waals surface area contributed by atoms with E-state index in [1.54, 1.807) is 14.2 Å². The summed E-state index contributed by atoms with van der Waals surface area (Å²) in [6.07, 6.45) is 2.50. The van der Waals surface area contributed by atoms with E-state index in [0.29, 0.717) is 18.9 Å². The van der Waals surface area contributed by atoms with Gasteiger partial charge in [0.1, 0.15) is 11.5 Å². The molecule has 116 valence electrons. The van der Waals surface area contributed by atoms with Gasteiger partial charge in [-0.2, -0.15) is 0 Å². The Morgan fingerprint density at radius 3 is 2.71 bits per heavy atom. The van der Waals surface area contributed by atoms with Gasteiger partial charge < -0.3 is 19.5 Å². The minimum atomic E-state index is 0.0757. The van der Waals surface area contributed by atoms with Crippen LogP contribution in [-0.4, -0.2) is 33.3 Å². The van der Waals surface area contributed by atoms with Crippen LogP contribution in [0.15, 0.2) is 18.2 Å². The van der Waals surface area contributed by atoms with Crippen LogP contribution in [0, 0.1) is 5.92 Å². The lowest BCUT2D eigenvalue weighted by atomic mass is 9.96. The molecule has 1 aromatic rings. The maximum absolute atomic E-state index is 12.0. The monoisotopic (exact) mass is 293 g/mol. The van der Waals surface area contributed by atoms with Gasteiger partial charge in [0.15, 0.2) is 0 Å². The number of ether oxygens (including phenoxy) is 3. The molecule has 1 heterocycles. The van der Waals surface area contributed by atoms with Crippen molar-refractivity contribution in [3.05, 3.63) is 23.8 Å². The van der Waals surface area contributed by atoms with Crippen LogP contribution in [0.5, 0.6) is 11.5 Å². The van der Waals surface area contributed by atoms with Crippen molar-refractivity contribution in [1.29, 1.82) is 0 Å². The van der Waals surface area contributed by atoms with Gasteiger partial charge in [-0.3, -0.25) is 4.79 Å². The van der Waals surface area contributed by atoms with Gasteiger partial charge in [0.2, 0.25) is 5.91 Å². The van der Waals surface area contributed by atoms with Crippen LogP contribution < -0.4 is 14.8 Å². The van der Waals surface area contributed by atoms with Gasteiger partial charge in [-0.15, -0.1) is 0 Å². The topological polar surface area (TPSA) is 56.8 Å². The molecule has 1 saturated heterocycles. The Labute approximate surface area is 125 Å². The third-order valence-electron chi connectivity index (χ3n) is 3.78. The highest BCUT2D eigenvalue weighted by Gasteiger charge is 2.17. The Hall–Kier alpha value is -1.75. The second-order valence-electron chi connectivity index (χ2n) is 5.21. The fourth-order valence-electron chi connectivity index (χ4n) is 2.50. The van der Waals surface area contributed by atoms with Crippen LogP contribution in [0.2, 0.25) is 0 Å². The molecule has 1 aliphatic heterocycles. The van der Waals surface area contributed by atoms with E-state index in [1.165, 1.54) is 0 Å². The summed E-state index contributed by atoms with van der Waals surface area (Å²) in [5, 5.41) is 2.96. The fourth-order valence-corrected chi connectivity index (χ4v) is 2.50. The third kappa shape index (κ3) is 4.63. The Balaban J connectivity index is 1.87. The molecule has 0 aromatic heterocycles. The SMILES string of the molecule is COc1ccc(OC)c(CNC(=O)CC2CCOCC2)c1. The summed E-state index contributed by atoms with van der Waals surface area (Å²) in [6, 6.07) is 5.57. The van der Waals surface area contributed by atoms with Crippen molar-refractivity contribution < 1.29 is 19.0 Å². The minimum Gasteiger partial charge on any atom is -0.497 e. The maximum Gasteiger partial charge on any atom is 0.220 e. The smallest absolute Gasteiger partial charge is 0.220 e. The van der Waals surface area contributed by atoms with Crippen molar-refractivity contribution in [2.45, 2.75) is 25.8 Å². The van der Waals surface area contributed by atoms with E-state index in [-0.39, 0.29) is 5.91 Å². The molecule has 0 spiro atoms. The van der Waals surface area contributed by atoms with Gasteiger partial charge >= 0.3 is 0 Å². The van der Waals surface area contributed by atoms with E-state index >= 15 is 0 Å². The first-order valence-corrected chi connectivity index (χ1v) is 7.28. The molecule has 2 rings (SSSR count). The van der Waals surface area contributed by atoms with E-state index in [4.69, 9.17) is 14.2 Å². The molecule has 1 amide bonds. The van der Waals surface area contributed by atoms with Gasteiger partial charge in [0.25, 0.3) is 0 Å². The molecular weight excluding hydrogens is 270 g/mol. The van der Waals surface area contributed by atoms with Crippen LogP contribution in [0.1, 0.15) is 24.8 Å². The summed E-state index contributed by atoms with van der Waals surface area (Å²) in [6.45, 7) is 1.98. The second-order valence-corrected chi connectivity index (χ2v) is 5.21. The predicted molar refractivity (Wildman–Crippen MR) is 79.6 cm³/mol. The summed E-state index contributed by atoms with van der Waals surface area (Å²) >= 11 is 0. The normalized spacial score (nSPS) is 15.5. The number of rotatable bonds is 6. The van der Waals surface area contributed by atoms with Crippen LogP contribution in [0.4, 0.5) is 0 Å². The van der Waals surface area contributed by atoms with E-state index in [0.717, 1.165) is 43.1 Å². The average molecular weight is 293 g/mol. The first-order chi connectivity index (χ1) is 10.2. The molecule has 0 radical (unpaired) electrons. The first kappa shape index (κ1) is 15.6. The number of nitrogens with one attached hydrogen (secondary N) is 1. The van der Waals surface area contributed by atoms with E-state index < -0.39 is 0 Å². The molecule has 21 heavy (non-hydrogen) atoms. The minimum absolute atomic E-state index is 0.0757. The highest BCUT2D eigenvalue weighted by molar-refractivity contribution is 5.76. The van der Waals surface area contributed by atoms with Crippen molar-refractivity contribution in [1.82, 2.24) is 5.32 Å². The van der Waals surface area contributed by atoms with Crippen molar-refractivity contribution in [2.24, 2.45) is 5.92 Å². The summed E-state index contributed by atoms with van der Waals surface area (Å²) in [7, 11) is 3.24. The second kappa shape index (κ2) is 7.88. The molecule has 1 aliphatic rings. The van der Waals surface area contributed by atoms with Crippen molar-refractivity contribution >= 4 is 5.91 Å². The third-order valence-corrected chi connectivity index (χ3v) is 3.78. The van der Waals surface area contributed by atoms with Crippen molar-refractivity contribution in [3.63, 3.8) is 0 Å². The zero-order chi connectivity index (χ0) is 15.1. The molecule has 1 fully saturated rings. The number of benzene rings is 1. The highest BCUT2D eigenvalue weighted by Crippen LogP contribution is 2.24. The summed E-state index contributed by atoms with van der Waals surface area (Å²) in [5.74, 6) is 2.02. The van der Waals surface area contributed by atoms with Gasteiger partial charge in [-0.05, 0) is 37.0 Å². The Morgan fingerprint density at radius 1 is 1.29 bits per heavy atom. The van der Waals surface area contributed by atoms with Crippen molar-refractivity contribution in [2.75, 3.05) is 27.4 Å². The van der Waals surface area contributed by atoms with Gasteiger partial charge in [-0.25, -0.2) is 0 Å². The van der Waals surface area contributed by atoms with E-state index in [1.807, 2.05) is 18.2 Å². The number of carbonyl (C=O) groups is 1. The van der Waals surface area contributed by atoms with Gasteiger partial charge in [0.05, 0.1) is 14.2 Å². The standard InChI is InChI=1S/C16H23NO4/c1-19-14-3-4-15(20-2)13(10-14)11-17-16(18)9-12-5-7-21-8-6-12/h3-4,10,12H,5-9,11H2,1-2H3,(H,17,18). The molecule has 1 aromatic carbocycles. The van der Waals surface area contributed by atoms with Crippen molar-refractivity contribution in [3.8, 4) is 11.5 Å². The van der Waals surface area contributed by atoms with Gasteiger partial charge in [0, 0.05) is 31.7 Å². The number of carbonyl (C=O) groups excluding carboxylic acids is 1. The number of methoxy groups -OCH3 is 2. The molecule has 0 atom stereocenters. The summed E-state index contributed by atoms with van der Waals surface area (Å²) in [4.78, 5) is 12.0. The Bertz CT molecular complexity index is 469. The molecule has 5 nitrogen and oxygen atoms in total. The lowest BCUT2D eigenvalue weighted by molar-refractivity contribution is -0.122. The van der Waals surface area contributed by atoms with Gasteiger partial charge in [-0.1, -0.05) is 0 Å². The first-order valence-electron chi connectivity index (χ1n) is 7.28. The maximum atomic E-state index is 12.0. The zero-order valence-corrected chi connectivity index (χ0v) is 12.7. The zero-order valence-electron chi connectivity index (χ0n) is 12.7. The molecule has 0 aliphatic carbocycles. The molecule has 1 N–H and O–H groups in total. The number of hydrogen-bond acceptors (Lipinski definition) is 4. The van der Waals surface area contributed by atoms with Crippen LogP contribution in [0.25, 0.3) is 0 Å².